The van der Waals surface area contributed by atoms with E-state index in [0.29, 0.717) is 0 Å². The summed E-state index contributed by atoms with van der Waals surface area (Å²) in [5.74, 6) is 0. The number of nitrogens with one attached hydrogen (secondary N) is 1. The first-order valence-corrected chi connectivity index (χ1v) is 5.60. The number of aliphatic hydroxyl groups excluding tert-OH is 2. The third-order valence-corrected chi connectivity index (χ3v) is 2.87. The Balaban J connectivity index is 2.38. The number of hydrogen-bond acceptors (Lipinski definition) is 6. The van der Waals surface area contributed by atoms with Crippen molar-refractivity contribution in [3.63, 3.8) is 0 Å². The summed E-state index contributed by atoms with van der Waals surface area (Å²) in [6.45, 7) is 2.95. The van der Waals surface area contributed by atoms with Crippen LogP contribution in [0.2, 0.25) is 0 Å². The summed E-state index contributed by atoms with van der Waals surface area (Å²) in [6, 6.07) is 1.15. The largest absolute Gasteiger partial charge is 0.491 e. The molecule has 0 bridgehead atoms. The highest BCUT2D eigenvalue weighted by Gasteiger charge is 2.46. The number of aromatic amines is 1. The van der Waals surface area contributed by atoms with Crippen molar-refractivity contribution in [3.8, 4) is 0 Å². The molecule has 1 aromatic heterocycles. The molecule has 0 aromatic carbocycles. The summed E-state index contributed by atoms with van der Waals surface area (Å²) in [5, 5.41) is 19.0. The zero-order valence-corrected chi connectivity index (χ0v) is 9.93. The molecule has 104 valence electrons. The number of aliphatic hydroxyl groups is 2. The molecule has 2 heterocycles. The van der Waals surface area contributed by atoms with Gasteiger partial charge in [0.1, 0.15) is 12.2 Å². The second-order valence-electron chi connectivity index (χ2n) is 4.02. The van der Waals surface area contributed by atoms with Gasteiger partial charge >= 0.3 is 5.69 Å². The van der Waals surface area contributed by atoms with E-state index in [1.54, 1.807) is 0 Å². The Kier molecular flexibility index (Phi) is 3.84. The molecule has 3 N–H and O–H groups in total. The van der Waals surface area contributed by atoms with Crippen LogP contribution in [-0.2, 0) is 9.47 Å². The Morgan fingerprint density at radius 2 is 2.32 bits per heavy atom. The molecule has 1 aliphatic rings. The first-order chi connectivity index (χ1) is 9.08. The van der Waals surface area contributed by atoms with Crippen LogP contribution in [0.25, 0.3) is 0 Å². The molecule has 8 heteroatoms. The van der Waals surface area contributed by atoms with Crippen molar-refractivity contribution in [1.29, 1.82) is 0 Å². The summed E-state index contributed by atoms with van der Waals surface area (Å²) in [7, 11) is 0. The Morgan fingerprint density at radius 3 is 2.89 bits per heavy atom. The van der Waals surface area contributed by atoms with Gasteiger partial charge in [-0.05, 0) is 0 Å². The van der Waals surface area contributed by atoms with Gasteiger partial charge in [-0.2, -0.15) is 0 Å². The van der Waals surface area contributed by atoms with Crippen LogP contribution in [0.5, 0.6) is 0 Å². The molecule has 8 nitrogen and oxygen atoms in total. The molecule has 1 aromatic rings. The van der Waals surface area contributed by atoms with E-state index >= 15 is 0 Å². The number of nitrogens with zero attached hydrogens (tertiary/aromatic N) is 1. The van der Waals surface area contributed by atoms with E-state index < -0.39 is 42.4 Å². The van der Waals surface area contributed by atoms with Gasteiger partial charge in [0.15, 0.2) is 12.3 Å². The van der Waals surface area contributed by atoms with Crippen LogP contribution < -0.4 is 11.2 Å². The molecule has 0 aliphatic carbocycles. The lowest BCUT2D eigenvalue weighted by Gasteiger charge is -2.20. The summed E-state index contributed by atoms with van der Waals surface area (Å²) in [6.07, 6.45) is -1.52. The van der Waals surface area contributed by atoms with Crippen molar-refractivity contribution in [1.82, 2.24) is 9.55 Å². The van der Waals surface area contributed by atoms with Crippen LogP contribution in [0, 0.1) is 0 Å². The van der Waals surface area contributed by atoms with Crippen molar-refractivity contribution in [2.45, 2.75) is 24.5 Å². The lowest BCUT2D eigenvalue weighted by Crippen LogP contribution is -2.38. The maximum Gasteiger partial charge on any atom is 0.330 e. The Hall–Kier alpha value is -1.90. The minimum Gasteiger partial charge on any atom is -0.491 e. The second-order valence-corrected chi connectivity index (χ2v) is 4.02. The first kappa shape index (κ1) is 13.5. The molecule has 1 aliphatic heterocycles. The van der Waals surface area contributed by atoms with Gasteiger partial charge in [0, 0.05) is 12.3 Å². The molecule has 19 heavy (non-hydrogen) atoms. The van der Waals surface area contributed by atoms with Crippen molar-refractivity contribution in [2.24, 2.45) is 0 Å². The van der Waals surface area contributed by atoms with Crippen LogP contribution in [0.4, 0.5) is 0 Å². The van der Waals surface area contributed by atoms with Gasteiger partial charge in [-0.25, -0.2) is 4.79 Å². The van der Waals surface area contributed by atoms with Gasteiger partial charge in [-0.3, -0.25) is 14.3 Å². The van der Waals surface area contributed by atoms with Crippen molar-refractivity contribution in [2.75, 3.05) is 6.61 Å². The number of rotatable bonds is 4. The minimum atomic E-state index is -1.12. The molecule has 4 atom stereocenters. The van der Waals surface area contributed by atoms with Crippen LogP contribution in [-0.4, -0.2) is 44.7 Å². The zero-order valence-electron chi connectivity index (χ0n) is 9.93. The van der Waals surface area contributed by atoms with E-state index in [-0.39, 0.29) is 0 Å². The number of ether oxygens (including phenoxy) is 2. The highest BCUT2D eigenvalue weighted by Crippen LogP contribution is 2.30. The van der Waals surface area contributed by atoms with Gasteiger partial charge in [0.05, 0.1) is 12.9 Å². The number of hydrogen-bond donors (Lipinski definition) is 3. The van der Waals surface area contributed by atoms with Crippen LogP contribution in [0.3, 0.4) is 0 Å². The van der Waals surface area contributed by atoms with Gasteiger partial charge < -0.3 is 19.7 Å². The van der Waals surface area contributed by atoms with Crippen LogP contribution in [0.1, 0.15) is 6.23 Å². The Bertz CT molecular complexity index is 565. The maximum absolute atomic E-state index is 11.7. The molecule has 1 saturated heterocycles. The predicted molar refractivity (Wildman–Crippen MR) is 63.4 cm³/mol. The quantitative estimate of drug-likeness (QED) is 0.563. The van der Waals surface area contributed by atoms with E-state index in [1.165, 1.54) is 6.20 Å². The van der Waals surface area contributed by atoms with Gasteiger partial charge in [0.25, 0.3) is 5.56 Å². The summed E-state index contributed by atoms with van der Waals surface area (Å²) >= 11 is 0. The van der Waals surface area contributed by atoms with E-state index in [9.17, 15) is 14.7 Å². The average molecular weight is 270 g/mol. The Morgan fingerprint density at radius 1 is 1.58 bits per heavy atom. The zero-order chi connectivity index (χ0) is 14.0. The monoisotopic (exact) mass is 270 g/mol. The molecular weight excluding hydrogens is 256 g/mol. The van der Waals surface area contributed by atoms with Crippen molar-refractivity contribution >= 4 is 0 Å². The third-order valence-electron chi connectivity index (χ3n) is 2.87. The minimum absolute atomic E-state index is 0.424. The molecule has 0 saturated carbocycles. The van der Waals surface area contributed by atoms with E-state index in [1.807, 2.05) is 0 Å². The van der Waals surface area contributed by atoms with Crippen molar-refractivity contribution < 1.29 is 19.7 Å². The molecule has 1 fully saturated rings. The lowest BCUT2D eigenvalue weighted by atomic mass is 10.1. The molecule has 0 amide bonds. The molecular formula is C11H14N2O6. The number of H-pyrrole nitrogens is 1. The second kappa shape index (κ2) is 5.39. The summed E-state index contributed by atoms with van der Waals surface area (Å²) in [4.78, 5) is 24.8. The number of aromatic nitrogens is 2. The topological polar surface area (TPSA) is 114 Å². The normalized spacial score (nSPS) is 30.2. The molecule has 0 radical (unpaired) electrons. The third kappa shape index (κ3) is 2.46. The van der Waals surface area contributed by atoms with E-state index in [0.717, 1.165) is 16.9 Å². The van der Waals surface area contributed by atoms with Crippen molar-refractivity contribution in [3.05, 3.63) is 45.9 Å². The highest BCUT2D eigenvalue weighted by molar-refractivity contribution is 4.94. The fourth-order valence-corrected chi connectivity index (χ4v) is 1.98. The summed E-state index contributed by atoms with van der Waals surface area (Å²) < 4.78 is 11.6. The highest BCUT2D eigenvalue weighted by atomic mass is 16.6. The first-order valence-electron chi connectivity index (χ1n) is 5.60. The fraction of sp³-hybridized carbons (Fsp3) is 0.455. The Labute approximate surface area is 107 Å². The lowest BCUT2D eigenvalue weighted by molar-refractivity contribution is -0.0567. The molecule has 0 spiro atoms. The predicted octanol–water partition coefficient (Wildman–Crippen LogP) is -1.68. The fourth-order valence-electron chi connectivity index (χ4n) is 1.98. The van der Waals surface area contributed by atoms with Crippen LogP contribution >= 0.6 is 0 Å². The summed E-state index contributed by atoms with van der Waals surface area (Å²) in [5.41, 5.74) is -1.24. The van der Waals surface area contributed by atoms with Gasteiger partial charge in [0.2, 0.25) is 0 Å². The molecule has 0 unspecified atom stereocenters. The SMILES string of the molecule is C=CO[C@@H]1[C@H](O)[C@@H](CO)O[C@H]1n1ccc(=O)[nH]c1=O. The maximum atomic E-state index is 11.7. The average Bonchev–Trinajstić information content (AvgIpc) is 2.68. The van der Waals surface area contributed by atoms with Gasteiger partial charge in [-0.15, -0.1) is 0 Å². The smallest absolute Gasteiger partial charge is 0.330 e. The molecule has 2 rings (SSSR count). The standard InChI is InChI=1S/C11H14N2O6/c1-2-18-9-8(16)6(5-14)19-10(9)13-4-3-7(15)12-11(13)17/h2-4,6,8-10,14,16H,1,5H2,(H,12,15,17)/t6-,8-,9-,10-/m1/s1. The van der Waals surface area contributed by atoms with Crippen LogP contribution in [0.15, 0.2) is 34.7 Å². The van der Waals surface area contributed by atoms with E-state index in [2.05, 4.69) is 11.6 Å². The van der Waals surface area contributed by atoms with E-state index in [4.69, 9.17) is 14.6 Å². The van der Waals surface area contributed by atoms with Gasteiger partial charge in [-0.1, -0.05) is 6.58 Å².